The van der Waals surface area contributed by atoms with Crippen LogP contribution in [0.25, 0.3) is 0 Å². The molecular weight excluding hydrogens is 278 g/mol. The van der Waals surface area contributed by atoms with Crippen LogP contribution in [0.2, 0.25) is 5.02 Å². The zero-order valence-electron chi connectivity index (χ0n) is 11.9. The van der Waals surface area contributed by atoms with Gasteiger partial charge in [0.25, 0.3) is 0 Å². The van der Waals surface area contributed by atoms with Gasteiger partial charge in [-0.1, -0.05) is 30.9 Å². The Bertz CT molecular complexity index is 431. The molecule has 6 heteroatoms. The molecule has 0 saturated heterocycles. The van der Waals surface area contributed by atoms with Gasteiger partial charge >= 0.3 is 6.01 Å². The lowest BCUT2D eigenvalue weighted by Gasteiger charge is -2.37. The smallest absolute Gasteiger partial charge is 0.318 e. The highest BCUT2D eigenvalue weighted by molar-refractivity contribution is 6.32. The molecule has 5 nitrogen and oxygen atoms in total. The van der Waals surface area contributed by atoms with Gasteiger partial charge in [0, 0.05) is 13.2 Å². The number of methoxy groups -OCH3 is 1. The van der Waals surface area contributed by atoms with E-state index < -0.39 is 0 Å². The molecule has 0 spiro atoms. The zero-order chi connectivity index (χ0) is 14.4. The molecule has 1 saturated carbocycles. The lowest BCUT2D eigenvalue weighted by molar-refractivity contribution is 0.141. The van der Waals surface area contributed by atoms with Gasteiger partial charge in [0.15, 0.2) is 5.82 Å². The second-order valence-electron chi connectivity index (χ2n) is 5.44. The molecule has 0 amide bonds. The average Bonchev–Trinajstić information content (AvgIpc) is 2.48. The first-order valence-corrected chi connectivity index (χ1v) is 7.48. The van der Waals surface area contributed by atoms with Gasteiger partial charge in [-0.25, -0.2) is 4.98 Å². The van der Waals surface area contributed by atoms with Gasteiger partial charge in [0.2, 0.25) is 0 Å². The molecule has 20 heavy (non-hydrogen) atoms. The Morgan fingerprint density at radius 3 is 2.80 bits per heavy atom. The SMILES string of the molecule is COc1ncc(Cl)c(NCC2(CCO)CCCCC2)n1. The molecule has 2 N–H and O–H groups in total. The van der Waals surface area contributed by atoms with E-state index in [2.05, 4.69) is 15.3 Å². The number of nitrogens with one attached hydrogen (secondary N) is 1. The van der Waals surface area contributed by atoms with Crippen molar-refractivity contribution in [3.8, 4) is 6.01 Å². The van der Waals surface area contributed by atoms with E-state index in [-0.39, 0.29) is 12.0 Å². The van der Waals surface area contributed by atoms with Gasteiger partial charge < -0.3 is 15.2 Å². The van der Waals surface area contributed by atoms with Crippen molar-refractivity contribution in [3.05, 3.63) is 11.2 Å². The number of aliphatic hydroxyl groups is 1. The fourth-order valence-corrected chi connectivity index (χ4v) is 3.06. The summed E-state index contributed by atoms with van der Waals surface area (Å²) in [5.41, 5.74) is 0.147. The van der Waals surface area contributed by atoms with Crippen molar-refractivity contribution in [2.24, 2.45) is 5.41 Å². The van der Waals surface area contributed by atoms with Crippen LogP contribution in [0.1, 0.15) is 38.5 Å². The Balaban J connectivity index is 2.05. The summed E-state index contributed by atoms with van der Waals surface area (Å²) < 4.78 is 5.01. The van der Waals surface area contributed by atoms with Crippen molar-refractivity contribution < 1.29 is 9.84 Å². The van der Waals surface area contributed by atoms with Crippen molar-refractivity contribution in [2.45, 2.75) is 38.5 Å². The maximum absolute atomic E-state index is 9.32. The number of anilines is 1. The molecule has 0 aliphatic heterocycles. The number of aromatic nitrogens is 2. The second kappa shape index (κ2) is 7.09. The molecule has 1 heterocycles. The van der Waals surface area contributed by atoms with Crippen molar-refractivity contribution in [2.75, 3.05) is 25.6 Å². The van der Waals surface area contributed by atoms with Crippen molar-refractivity contribution in [1.82, 2.24) is 9.97 Å². The highest BCUT2D eigenvalue weighted by Crippen LogP contribution is 2.39. The van der Waals surface area contributed by atoms with E-state index in [1.807, 2.05) is 0 Å². The van der Waals surface area contributed by atoms with Gasteiger partial charge in [-0.2, -0.15) is 4.98 Å². The summed E-state index contributed by atoms with van der Waals surface area (Å²) in [7, 11) is 1.53. The normalized spacial score (nSPS) is 17.8. The van der Waals surface area contributed by atoms with Crippen LogP contribution in [0.15, 0.2) is 6.20 Å². The van der Waals surface area contributed by atoms with Crippen LogP contribution >= 0.6 is 11.6 Å². The number of nitrogens with zero attached hydrogens (tertiary/aromatic N) is 2. The number of ether oxygens (including phenoxy) is 1. The van der Waals surface area contributed by atoms with E-state index in [1.165, 1.54) is 32.6 Å². The third-order valence-electron chi connectivity index (χ3n) is 4.09. The summed E-state index contributed by atoms with van der Waals surface area (Å²) in [6, 6.07) is 0.303. The Morgan fingerprint density at radius 1 is 1.40 bits per heavy atom. The Labute approximate surface area is 124 Å². The van der Waals surface area contributed by atoms with Gasteiger partial charge in [-0.15, -0.1) is 0 Å². The molecule has 2 rings (SSSR count). The second-order valence-corrected chi connectivity index (χ2v) is 5.85. The highest BCUT2D eigenvalue weighted by Gasteiger charge is 2.31. The molecule has 1 aromatic heterocycles. The van der Waals surface area contributed by atoms with E-state index in [0.717, 1.165) is 25.8 Å². The van der Waals surface area contributed by atoms with E-state index in [4.69, 9.17) is 16.3 Å². The van der Waals surface area contributed by atoms with Crippen molar-refractivity contribution in [1.29, 1.82) is 0 Å². The fraction of sp³-hybridized carbons (Fsp3) is 0.714. The molecule has 0 radical (unpaired) electrons. The summed E-state index contributed by atoms with van der Waals surface area (Å²) in [6.45, 7) is 0.996. The van der Waals surface area contributed by atoms with Crippen LogP contribution in [0.5, 0.6) is 6.01 Å². The van der Waals surface area contributed by atoms with Crippen LogP contribution in [-0.2, 0) is 0 Å². The summed E-state index contributed by atoms with van der Waals surface area (Å²) >= 11 is 6.10. The monoisotopic (exact) mass is 299 g/mol. The lowest BCUT2D eigenvalue weighted by Crippen LogP contribution is -2.33. The quantitative estimate of drug-likeness (QED) is 0.845. The van der Waals surface area contributed by atoms with Crippen LogP contribution in [0, 0.1) is 5.41 Å². The molecular formula is C14H22ClN3O2. The molecule has 1 fully saturated rings. The fourth-order valence-electron chi connectivity index (χ4n) is 2.90. The zero-order valence-corrected chi connectivity index (χ0v) is 12.6. The third kappa shape index (κ3) is 3.73. The summed E-state index contributed by atoms with van der Waals surface area (Å²) in [4.78, 5) is 8.19. The van der Waals surface area contributed by atoms with Gasteiger partial charge in [-0.3, -0.25) is 0 Å². The maximum atomic E-state index is 9.32. The van der Waals surface area contributed by atoms with Crippen molar-refractivity contribution >= 4 is 17.4 Å². The standard InChI is InChI=1S/C14H22ClN3O2/c1-20-13-16-9-11(15)12(18-13)17-10-14(7-8-19)5-3-2-4-6-14/h9,19H,2-8,10H2,1H3,(H,16,17,18). The number of aliphatic hydroxyl groups excluding tert-OH is 1. The van der Waals surface area contributed by atoms with Crippen LogP contribution in [-0.4, -0.2) is 35.3 Å². The minimum Gasteiger partial charge on any atom is -0.467 e. The molecule has 0 unspecified atom stereocenters. The highest BCUT2D eigenvalue weighted by atomic mass is 35.5. The third-order valence-corrected chi connectivity index (χ3v) is 4.37. The predicted octanol–water partition coefficient (Wildman–Crippen LogP) is 2.88. The predicted molar refractivity (Wildman–Crippen MR) is 79.3 cm³/mol. The van der Waals surface area contributed by atoms with Gasteiger partial charge in [-0.05, 0) is 24.7 Å². The Hall–Kier alpha value is -1.07. The van der Waals surface area contributed by atoms with Crippen molar-refractivity contribution in [3.63, 3.8) is 0 Å². The van der Waals surface area contributed by atoms with Gasteiger partial charge in [0.1, 0.15) is 5.02 Å². The molecule has 0 bridgehead atoms. The summed E-state index contributed by atoms with van der Waals surface area (Å²) in [5, 5.41) is 13.1. The summed E-state index contributed by atoms with van der Waals surface area (Å²) in [5.74, 6) is 0.599. The topological polar surface area (TPSA) is 67.3 Å². The summed E-state index contributed by atoms with van der Waals surface area (Å²) in [6.07, 6.45) is 8.37. The molecule has 1 aliphatic carbocycles. The van der Waals surface area contributed by atoms with Crippen LogP contribution in [0.4, 0.5) is 5.82 Å². The van der Waals surface area contributed by atoms with E-state index in [0.29, 0.717) is 16.9 Å². The minimum absolute atomic E-state index is 0.147. The van der Waals surface area contributed by atoms with E-state index >= 15 is 0 Å². The van der Waals surface area contributed by atoms with Gasteiger partial charge in [0.05, 0.1) is 13.3 Å². The molecule has 112 valence electrons. The first-order chi connectivity index (χ1) is 9.69. The number of hydrogen-bond donors (Lipinski definition) is 2. The first-order valence-electron chi connectivity index (χ1n) is 7.10. The first kappa shape index (κ1) is 15.3. The number of rotatable bonds is 6. The molecule has 1 aromatic rings. The van der Waals surface area contributed by atoms with Crippen LogP contribution in [0.3, 0.4) is 0 Å². The lowest BCUT2D eigenvalue weighted by atomic mass is 9.72. The Kier molecular flexibility index (Phi) is 5.43. The Morgan fingerprint density at radius 2 is 2.15 bits per heavy atom. The minimum atomic E-state index is 0.147. The molecule has 1 aliphatic rings. The maximum Gasteiger partial charge on any atom is 0.318 e. The number of hydrogen-bond acceptors (Lipinski definition) is 5. The molecule has 0 atom stereocenters. The molecule has 0 aromatic carbocycles. The average molecular weight is 300 g/mol. The van der Waals surface area contributed by atoms with E-state index in [1.54, 1.807) is 0 Å². The largest absolute Gasteiger partial charge is 0.467 e. The van der Waals surface area contributed by atoms with E-state index in [9.17, 15) is 5.11 Å². The number of halogens is 1. The van der Waals surface area contributed by atoms with Crippen LogP contribution < -0.4 is 10.1 Å².